The Labute approximate surface area is 250 Å². The Balaban J connectivity index is 1.44. The van der Waals surface area contributed by atoms with Crippen molar-refractivity contribution < 1.29 is 49.7 Å². The minimum Gasteiger partial charge on any atom is -0.487 e. The van der Waals surface area contributed by atoms with E-state index in [2.05, 4.69) is 15.0 Å². The van der Waals surface area contributed by atoms with Crippen LogP contribution in [0.25, 0.3) is 0 Å². The first-order chi connectivity index (χ1) is 20.8. The molecular weight excluding hydrogens is 613 g/mol. The molecule has 1 aliphatic heterocycles. The van der Waals surface area contributed by atoms with Crippen molar-refractivity contribution in [3.8, 4) is 5.75 Å². The molecule has 4 rings (SSSR count). The number of aliphatic hydroxyl groups is 1. The van der Waals surface area contributed by atoms with Gasteiger partial charge in [0.1, 0.15) is 17.5 Å². The maximum atomic E-state index is 12.9. The lowest BCUT2D eigenvalue weighted by atomic mass is 10.1. The third-order valence-corrected chi connectivity index (χ3v) is 8.84. The van der Waals surface area contributed by atoms with Crippen LogP contribution in [0.3, 0.4) is 0 Å². The number of rotatable bonds is 12. The second-order valence-electron chi connectivity index (χ2n) is 9.98. The lowest BCUT2D eigenvalue weighted by Gasteiger charge is -2.26. The van der Waals surface area contributed by atoms with Crippen LogP contribution in [0.4, 0.5) is 27.6 Å². The predicted octanol–water partition coefficient (Wildman–Crippen LogP) is 4.62. The van der Waals surface area contributed by atoms with Crippen molar-refractivity contribution in [1.29, 1.82) is 0 Å². The van der Waals surface area contributed by atoms with Gasteiger partial charge in [0, 0.05) is 17.7 Å². The Bertz CT molecular complexity index is 1500. The highest BCUT2D eigenvalue weighted by molar-refractivity contribution is 7.91. The highest BCUT2D eigenvalue weighted by Crippen LogP contribution is 2.31. The van der Waals surface area contributed by atoms with Crippen LogP contribution in [0.5, 0.6) is 5.75 Å². The molecule has 1 aliphatic rings. The summed E-state index contributed by atoms with van der Waals surface area (Å²) in [6.45, 7) is -2.07. The van der Waals surface area contributed by atoms with Crippen molar-refractivity contribution in [2.75, 3.05) is 30.4 Å². The number of nitrogens with one attached hydrogen (secondary N) is 1. The number of carbonyl (C=O) groups is 1. The van der Waals surface area contributed by atoms with E-state index in [0.29, 0.717) is 11.3 Å². The van der Waals surface area contributed by atoms with Gasteiger partial charge in [0.15, 0.2) is 9.84 Å². The fourth-order valence-corrected chi connectivity index (χ4v) is 5.67. The number of alkyl halides is 5. The molecule has 1 fully saturated rings. The number of halogens is 5. The van der Waals surface area contributed by atoms with Crippen molar-refractivity contribution in [2.45, 2.75) is 49.2 Å². The summed E-state index contributed by atoms with van der Waals surface area (Å²) in [6, 6.07) is 12.6. The number of aromatic nitrogens is 1. The SMILES string of the molecule is CCS(=O)(=O)c1ccc([C@H](CO)NC(=O)c2ccc(N3C[C@@H](Oc4ccc(C(F)(F)F)nc4)C[C@H]3COC(F)F)cc2)cc1. The van der Waals surface area contributed by atoms with E-state index in [9.17, 15) is 40.3 Å². The highest BCUT2D eigenvalue weighted by atomic mass is 32.2. The predicted molar refractivity (Wildman–Crippen MR) is 149 cm³/mol. The van der Waals surface area contributed by atoms with Gasteiger partial charge in [-0.3, -0.25) is 4.79 Å². The quantitative estimate of drug-likeness (QED) is 0.275. The van der Waals surface area contributed by atoms with Gasteiger partial charge in [-0.1, -0.05) is 19.1 Å². The maximum absolute atomic E-state index is 12.9. The average molecular weight is 644 g/mol. The monoisotopic (exact) mass is 643 g/mol. The molecule has 1 aromatic heterocycles. The van der Waals surface area contributed by atoms with Gasteiger partial charge in [-0.25, -0.2) is 13.4 Å². The van der Waals surface area contributed by atoms with Gasteiger partial charge in [-0.05, 0) is 54.1 Å². The topological polar surface area (TPSA) is 118 Å². The molecule has 0 spiro atoms. The fraction of sp³-hybridized carbons (Fsp3) is 0.379. The molecule has 0 unspecified atom stereocenters. The van der Waals surface area contributed by atoms with Gasteiger partial charge in [-0.2, -0.15) is 22.0 Å². The minimum absolute atomic E-state index is 0.0652. The molecule has 9 nitrogen and oxygen atoms in total. The van der Waals surface area contributed by atoms with Crippen LogP contribution in [0, 0.1) is 0 Å². The van der Waals surface area contributed by atoms with Crippen LogP contribution in [0.1, 0.15) is 41.0 Å². The van der Waals surface area contributed by atoms with Crippen molar-refractivity contribution in [3.63, 3.8) is 0 Å². The number of sulfone groups is 1. The third-order valence-electron chi connectivity index (χ3n) is 7.09. The molecule has 0 aliphatic carbocycles. The number of aliphatic hydroxyl groups excluding tert-OH is 1. The van der Waals surface area contributed by atoms with Crippen molar-refractivity contribution >= 4 is 21.4 Å². The number of hydrogen-bond donors (Lipinski definition) is 2. The molecule has 2 N–H and O–H groups in total. The molecule has 3 aromatic rings. The molecular formula is C29H30F5N3O6S. The fourth-order valence-electron chi connectivity index (χ4n) is 4.78. The van der Waals surface area contributed by atoms with E-state index >= 15 is 0 Å². The molecule has 238 valence electrons. The Hall–Kier alpha value is -3.82. The first-order valence-electron chi connectivity index (χ1n) is 13.5. The second kappa shape index (κ2) is 13.9. The molecule has 0 radical (unpaired) electrons. The molecule has 1 amide bonds. The normalized spacial score (nSPS) is 18.0. The van der Waals surface area contributed by atoms with E-state index < -0.39 is 59.0 Å². The van der Waals surface area contributed by atoms with E-state index in [1.54, 1.807) is 17.0 Å². The number of ether oxygens (including phenoxy) is 2. The van der Waals surface area contributed by atoms with Crippen LogP contribution in [0.15, 0.2) is 71.8 Å². The van der Waals surface area contributed by atoms with Gasteiger partial charge in [0.2, 0.25) is 0 Å². The highest BCUT2D eigenvalue weighted by Gasteiger charge is 2.35. The van der Waals surface area contributed by atoms with Gasteiger partial charge in [-0.15, -0.1) is 0 Å². The molecule has 44 heavy (non-hydrogen) atoms. The lowest BCUT2D eigenvalue weighted by Crippen LogP contribution is -2.34. The molecule has 0 saturated carbocycles. The molecule has 0 bridgehead atoms. The van der Waals surface area contributed by atoms with E-state index in [4.69, 9.17) is 4.74 Å². The number of amides is 1. The number of benzene rings is 2. The lowest BCUT2D eigenvalue weighted by molar-refractivity contribution is -0.141. The Morgan fingerprint density at radius 2 is 1.77 bits per heavy atom. The first kappa shape index (κ1) is 33.1. The standard InChI is InChI=1S/C29H30F5N3O6S/c1-2-44(40,41)24-10-5-18(6-11-24)25(16-38)36-27(39)19-3-7-20(8-4-19)37-15-23(13-21(37)17-42-28(30)31)43-22-9-12-26(35-14-22)29(32,33)34/h3-12,14,21,23,25,28,38H,2,13,15-17H2,1H3,(H,36,39)/t21-,23-,25-/m0/s1. The second-order valence-corrected chi connectivity index (χ2v) is 12.3. The van der Waals surface area contributed by atoms with Crippen LogP contribution >= 0.6 is 0 Å². The average Bonchev–Trinajstić information content (AvgIpc) is 3.41. The Kier molecular flexibility index (Phi) is 10.4. The minimum atomic E-state index is -4.60. The number of nitrogens with zero attached hydrogens (tertiary/aromatic N) is 2. The summed E-state index contributed by atoms with van der Waals surface area (Å²) in [5, 5.41) is 12.6. The summed E-state index contributed by atoms with van der Waals surface area (Å²) in [5.41, 5.74) is 0.227. The Morgan fingerprint density at radius 1 is 1.09 bits per heavy atom. The summed E-state index contributed by atoms with van der Waals surface area (Å²) in [7, 11) is -3.41. The van der Waals surface area contributed by atoms with Gasteiger partial charge < -0.3 is 24.8 Å². The van der Waals surface area contributed by atoms with Crippen LogP contribution in [-0.4, -0.2) is 68.7 Å². The van der Waals surface area contributed by atoms with E-state index in [1.807, 2.05) is 0 Å². The van der Waals surface area contributed by atoms with Gasteiger partial charge in [0.25, 0.3) is 5.91 Å². The molecule has 1 saturated heterocycles. The summed E-state index contributed by atoms with van der Waals surface area (Å²) in [6.07, 6.45) is -4.00. The van der Waals surface area contributed by atoms with Gasteiger partial charge >= 0.3 is 12.8 Å². The first-order valence-corrected chi connectivity index (χ1v) is 15.2. The van der Waals surface area contributed by atoms with Gasteiger partial charge in [0.05, 0.1) is 48.7 Å². The summed E-state index contributed by atoms with van der Waals surface area (Å²) in [4.78, 5) is 18.2. The zero-order valence-electron chi connectivity index (χ0n) is 23.4. The molecule has 2 heterocycles. The summed E-state index contributed by atoms with van der Waals surface area (Å²) >= 11 is 0. The number of anilines is 1. The molecule has 3 atom stereocenters. The number of carbonyl (C=O) groups excluding carboxylic acids is 1. The van der Waals surface area contributed by atoms with E-state index in [0.717, 1.165) is 18.3 Å². The summed E-state index contributed by atoms with van der Waals surface area (Å²) in [5.74, 6) is -0.495. The maximum Gasteiger partial charge on any atom is 0.433 e. The number of hydrogen-bond acceptors (Lipinski definition) is 8. The molecule has 2 aromatic carbocycles. The Morgan fingerprint density at radius 3 is 2.32 bits per heavy atom. The zero-order chi connectivity index (χ0) is 32.1. The van der Waals surface area contributed by atoms with Crippen LogP contribution in [-0.2, 0) is 20.8 Å². The largest absolute Gasteiger partial charge is 0.487 e. The summed E-state index contributed by atoms with van der Waals surface area (Å²) < 4.78 is 98.5. The molecule has 15 heteroatoms. The van der Waals surface area contributed by atoms with Crippen LogP contribution in [0.2, 0.25) is 0 Å². The third kappa shape index (κ3) is 8.21. The zero-order valence-corrected chi connectivity index (χ0v) is 24.2. The number of pyridine rings is 1. The smallest absolute Gasteiger partial charge is 0.433 e. The van der Waals surface area contributed by atoms with Crippen molar-refractivity contribution in [3.05, 3.63) is 83.7 Å². The van der Waals surface area contributed by atoms with E-state index in [1.165, 1.54) is 43.3 Å². The van der Waals surface area contributed by atoms with Crippen molar-refractivity contribution in [2.24, 2.45) is 0 Å². The van der Waals surface area contributed by atoms with Crippen LogP contribution < -0.4 is 15.0 Å². The van der Waals surface area contributed by atoms with E-state index in [-0.39, 0.29) is 41.5 Å². The van der Waals surface area contributed by atoms with Crippen molar-refractivity contribution in [1.82, 2.24) is 10.3 Å².